The van der Waals surface area contributed by atoms with Crippen LogP contribution in [-0.2, 0) is 0 Å². The van der Waals surface area contributed by atoms with Crippen LogP contribution in [0.5, 0.6) is 0 Å². The lowest BCUT2D eigenvalue weighted by molar-refractivity contribution is 0.172. The van der Waals surface area contributed by atoms with E-state index in [0.717, 1.165) is 11.1 Å². The van der Waals surface area contributed by atoms with Crippen molar-refractivity contribution in [3.05, 3.63) is 64.1 Å². The molecule has 1 aromatic heterocycles. The number of aliphatic hydroxyl groups excluding tert-OH is 1. The third-order valence-electron chi connectivity index (χ3n) is 4.00. The van der Waals surface area contributed by atoms with Crippen LogP contribution in [-0.4, -0.2) is 14.7 Å². The highest BCUT2D eigenvalue weighted by Gasteiger charge is 2.33. The molecule has 3 aromatic rings. The highest BCUT2D eigenvalue weighted by molar-refractivity contribution is 9.10. The zero-order valence-corrected chi connectivity index (χ0v) is 12.6. The van der Waals surface area contributed by atoms with E-state index in [0.29, 0.717) is 22.2 Å². The van der Waals surface area contributed by atoms with E-state index in [1.807, 2.05) is 34.9 Å². The van der Waals surface area contributed by atoms with E-state index in [9.17, 15) is 9.50 Å². The molecule has 4 rings (SSSR count). The molecule has 0 saturated carbocycles. The Bertz CT molecular complexity index is 831. The van der Waals surface area contributed by atoms with E-state index in [1.165, 1.54) is 6.07 Å². The maximum Gasteiger partial charge on any atom is 0.139 e. The largest absolute Gasteiger partial charge is 0.385 e. The number of rotatable bonds is 1. The molecule has 1 aliphatic rings. The van der Waals surface area contributed by atoms with Crippen LogP contribution < -0.4 is 0 Å². The third kappa shape index (κ3) is 1.92. The van der Waals surface area contributed by atoms with Gasteiger partial charge in [-0.15, -0.1) is 0 Å². The zero-order chi connectivity index (χ0) is 14.6. The Morgan fingerprint density at radius 1 is 1.24 bits per heavy atom. The number of fused-ring (bicyclic) bond motifs is 3. The first-order valence-electron chi connectivity index (χ1n) is 6.75. The molecular formula is C16H12BrFN2O. The van der Waals surface area contributed by atoms with Crippen LogP contribution in [0.1, 0.15) is 30.0 Å². The van der Waals surface area contributed by atoms with Gasteiger partial charge in [0.05, 0.1) is 21.5 Å². The van der Waals surface area contributed by atoms with E-state index in [4.69, 9.17) is 0 Å². The van der Waals surface area contributed by atoms with Gasteiger partial charge in [0.2, 0.25) is 0 Å². The molecule has 0 spiro atoms. The van der Waals surface area contributed by atoms with Crippen molar-refractivity contribution in [2.45, 2.75) is 18.6 Å². The van der Waals surface area contributed by atoms with Crippen molar-refractivity contribution in [1.82, 2.24) is 9.55 Å². The quantitative estimate of drug-likeness (QED) is 0.724. The lowest BCUT2D eigenvalue weighted by atomic mass is 10.0. The molecule has 2 heterocycles. The molecule has 0 saturated heterocycles. The minimum Gasteiger partial charge on any atom is -0.385 e. The smallest absolute Gasteiger partial charge is 0.139 e. The van der Waals surface area contributed by atoms with Crippen molar-refractivity contribution in [1.29, 1.82) is 0 Å². The Hall–Kier alpha value is -1.72. The molecule has 0 fully saturated rings. The summed E-state index contributed by atoms with van der Waals surface area (Å²) in [4.78, 5) is 4.40. The first-order chi connectivity index (χ1) is 10.1. The standard InChI is InChI=1S/C16H12BrFN2O/c17-10-6-14-12(7-11(10)18)19-16-15(21)8-13(20(14)16)9-4-2-1-3-5-9/h1-7,13,15,21H,8H2. The molecule has 5 heteroatoms. The van der Waals surface area contributed by atoms with Crippen molar-refractivity contribution in [2.24, 2.45) is 0 Å². The molecule has 2 unspecified atom stereocenters. The van der Waals surface area contributed by atoms with E-state index in [2.05, 4.69) is 20.9 Å². The van der Waals surface area contributed by atoms with Gasteiger partial charge in [-0.3, -0.25) is 0 Å². The van der Waals surface area contributed by atoms with Gasteiger partial charge in [0, 0.05) is 12.5 Å². The number of imidazole rings is 1. The number of hydrogen-bond donors (Lipinski definition) is 1. The van der Waals surface area contributed by atoms with Crippen LogP contribution >= 0.6 is 15.9 Å². The number of aromatic nitrogens is 2. The second-order valence-corrected chi connectivity index (χ2v) is 6.13. The van der Waals surface area contributed by atoms with E-state index in [-0.39, 0.29) is 11.9 Å². The molecule has 3 nitrogen and oxygen atoms in total. The average Bonchev–Trinajstić information content (AvgIpc) is 2.99. The van der Waals surface area contributed by atoms with Gasteiger partial charge in [0.15, 0.2) is 0 Å². The summed E-state index contributed by atoms with van der Waals surface area (Å²) < 4.78 is 16.1. The number of benzene rings is 2. The van der Waals surface area contributed by atoms with Crippen molar-refractivity contribution in [2.75, 3.05) is 0 Å². The number of halogens is 2. The van der Waals surface area contributed by atoms with Gasteiger partial charge in [-0.2, -0.15) is 0 Å². The van der Waals surface area contributed by atoms with Gasteiger partial charge in [-0.1, -0.05) is 30.3 Å². The Labute approximate surface area is 129 Å². The van der Waals surface area contributed by atoms with Crippen LogP contribution in [0.2, 0.25) is 0 Å². The molecule has 0 radical (unpaired) electrons. The van der Waals surface area contributed by atoms with Gasteiger partial charge in [0.1, 0.15) is 17.7 Å². The van der Waals surface area contributed by atoms with Crippen LogP contribution in [0, 0.1) is 5.82 Å². The van der Waals surface area contributed by atoms with Crippen LogP contribution in [0.4, 0.5) is 4.39 Å². The topological polar surface area (TPSA) is 38.0 Å². The van der Waals surface area contributed by atoms with Crippen LogP contribution in [0.15, 0.2) is 46.9 Å². The molecule has 2 atom stereocenters. The molecule has 0 aliphatic carbocycles. The molecule has 106 valence electrons. The Balaban J connectivity index is 1.97. The monoisotopic (exact) mass is 346 g/mol. The summed E-state index contributed by atoms with van der Waals surface area (Å²) in [6.07, 6.45) is -0.0264. The molecule has 0 bridgehead atoms. The number of hydrogen-bond acceptors (Lipinski definition) is 2. The summed E-state index contributed by atoms with van der Waals surface area (Å²) in [5.41, 5.74) is 2.53. The van der Waals surface area contributed by atoms with Gasteiger partial charge in [-0.25, -0.2) is 9.37 Å². The number of nitrogens with zero attached hydrogens (tertiary/aromatic N) is 2. The maximum absolute atomic E-state index is 13.7. The predicted octanol–water partition coefficient (Wildman–Crippen LogP) is 3.96. The first kappa shape index (κ1) is 13.0. The average molecular weight is 347 g/mol. The van der Waals surface area contributed by atoms with Crippen LogP contribution in [0.25, 0.3) is 11.0 Å². The minimum absolute atomic E-state index is 0.0264. The van der Waals surface area contributed by atoms with Crippen molar-refractivity contribution < 1.29 is 9.50 Å². The molecular weight excluding hydrogens is 335 g/mol. The maximum atomic E-state index is 13.7. The van der Waals surface area contributed by atoms with E-state index in [1.54, 1.807) is 6.07 Å². The molecule has 1 N–H and O–H groups in total. The molecule has 1 aliphatic heterocycles. The SMILES string of the molecule is OC1CC(c2ccccc2)n2c1nc1cc(F)c(Br)cc12. The van der Waals surface area contributed by atoms with Gasteiger partial charge in [-0.05, 0) is 27.6 Å². The Morgan fingerprint density at radius 2 is 2.00 bits per heavy atom. The Kier molecular flexibility index (Phi) is 2.87. The van der Waals surface area contributed by atoms with Gasteiger partial charge >= 0.3 is 0 Å². The Morgan fingerprint density at radius 3 is 2.76 bits per heavy atom. The summed E-state index contributed by atoms with van der Waals surface area (Å²) in [5.74, 6) is 0.265. The fourth-order valence-corrected chi connectivity index (χ4v) is 3.39. The summed E-state index contributed by atoms with van der Waals surface area (Å²) in [6, 6.07) is 13.2. The highest BCUT2D eigenvalue weighted by Crippen LogP contribution is 2.41. The highest BCUT2D eigenvalue weighted by atomic mass is 79.9. The fraction of sp³-hybridized carbons (Fsp3) is 0.188. The van der Waals surface area contributed by atoms with E-state index < -0.39 is 6.10 Å². The van der Waals surface area contributed by atoms with Crippen molar-refractivity contribution in [3.8, 4) is 0 Å². The summed E-state index contributed by atoms with van der Waals surface area (Å²) in [6.45, 7) is 0. The van der Waals surface area contributed by atoms with E-state index >= 15 is 0 Å². The molecule has 2 aromatic carbocycles. The second-order valence-electron chi connectivity index (χ2n) is 5.27. The summed E-state index contributed by atoms with van der Waals surface area (Å²) in [7, 11) is 0. The zero-order valence-electron chi connectivity index (χ0n) is 11.0. The fourth-order valence-electron chi connectivity index (χ4n) is 3.05. The van der Waals surface area contributed by atoms with Gasteiger partial charge < -0.3 is 9.67 Å². The minimum atomic E-state index is -0.621. The number of aliphatic hydroxyl groups is 1. The van der Waals surface area contributed by atoms with Crippen molar-refractivity contribution in [3.63, 3.8) is 0 Å². The van der Waals surface area contributed by atoms with Crippen molar-refractivity contribution >= 4 is 27.0 Å². The molecule has 21 heavy (non-hydrogen) atoms. The summed E-state index contributed by atoms with van der Waals surface area (Å²) >= 11 is 3.22. The molecule has 0 amide bonds. The lowest BCUT2D eigenvalue weighted by Crippen LogP contribution is -2.05. The van der Waals surface area contributed by atoms with Gasteiger partial charge in [0.25, 0.3) is 0 Å². The third-order valence-corrected chi connectivity index (χ3v) is 4.61. The lowest BCUT2D eigenvalue weighted by Gasteiger charge is -2.14. The van der Waals surface area contributed by atoms with Crippen LogP contribution in [0.3, 0.4) is 0 Å². The predicted molar refractivity (Wildman–Crippen MR) is 81.5 cm³/mol. The second kappa shape index (κ2) is 4.64. The normalized spacial score (nSPS) is 20.9. The first-order valence-corrected chi connectivity index (χ1v) is 7.54. The summed E-state index contributed by atoms with van der Waals surface area (Å²) in [5, 5.41) is 10.3.